The monoisotopic (exact) mass is 281 g/mol. The lowest BCUT2D eigenvalue weighted by molar-refractivity contribution is 0.537. The first kappa shape index (κ1) is 15.8. The maximum Gasteiger partial charge on any atom is 0.0317 e. The zero-order valence-corrected chi connectivity index (χ0v) is 14.0. The van der Waals surface area contributed by atoms with Gasteiger partial charge in [-0.25, -0.2) is 0 Å². The second kappa shape index (κ2) is 6.91. The molecular weight excluding hydrogens is 254 g/mol. The Bertz CT molecular complexity index is 596. The fourth-order valence-corrected chi connectivity index (χ4v) is 2.91. The molecule has 1 nitrogen and oxygen atoms in total. The molecule has 0 radical (unpaired) electrons. The lowest BCUT2D eigenvalue weighted by atomic mass is 9.94. The lowest BCUT2D eigenvalue weighted by Crippen LogP contribution is -2.19. The molecule has 0 aliphatic rings. The van der Waals surface area contributed by atoms with E-state index in [0.717, 1.165) is 13.0 Å². The summed E-state index contributed by atoms with van der Waals surface area (Å²) in [5, 5.41) is 3.54. The highest BCUT2D eigenvalue weighted by Gasteiger charge is 2.09. The maximum atomic E-state index is 3.54. The summed E-state index contributed by atoms with van der Waals surface area (Å²) in [6.07, 6.45) is 1.12. The van der Waals surface area contributed by atoms with Crippen LogP contribution < -0.4 is 5.32 Å². The van der Waals surface area contributed by atoms with Crippen LogP contribution in [0.3, 0.4) is 0 Å². The molecule has 0 aliphatic heterocycles. The molecule has 1 heteroatoms. The molecule has 0 saturated heterocycles. The van der Waals surface area contributed by atoms with Crippen molar-refractivity contribution in [2.75, 3.05) is 6.54 Å². The number of rotatable bonds is 5. The van der Waals surface area contributed by atoms with Gasteiger partial charge in [0.15, 0.2) is 0 Å². The number of hydrogen-bond donors (Lipinski definition) is 1. The van der Waals surface area contributed by atoms with Crippen molar-refractivity contribution in [2.24, 2.45) is 0 Å². The average molecular weight is 281 g/mol. The maximum absolute atomic E-state index is 3.54. The summed E-state index contributed by atoms with van der Waals surface area (Å²) in [5.74, 6) is 0. The molecule has 112 valence electrons. The lowest BCUT2D eigenvalue weighted by Gasteiger charge is -2.17. The van der Waals surface area contributed by atoms with Crippen molar-refractivity contribution in [3.8, 4) is 11.1 Å². The van der Waals surface area contributed by atoms with Crippen molar-refractivity contribution < 1.29 is 0 Å². The highest BCUT2D eigenvalue weighted by Crippen LogP contribution is 2.28. The number of hydrogen-bond acceptors (Lipinski definition) is 1. The molecule has 0 fully saturated rings. The van der Waals surface area contributed by atoms with Gasteiger partial charge in [0.2, 0.25) is 0 Å². The minimum absolute atomic E-state index is 0.463. The van der Waals surface area contributed by atoms with Crippen LogP contribution >= 0.6 is 0 Å². The van der Waals surface area contributed by atoms with Gasteiger partial charge in [0, 0.05) is 6.04 Å². The molecule has 1 N–H and O–H groups in total. The molecular formula is C20H27N. The van der Waals surface area contributed by atoms with Crippen molar-refractivity contribution >= 4 is 0 Å². The Kier molecular flexibility index (Phi) is 5.19. The largest absolute Gasteiger partial charge is 0.310 e. The van der Waals surface area contributed by atoms with Crippen molar-refractivity contribution in [1.29, 1.82) is 0 Å². The molecule has 1 unspecified atom stereocenters. The van der Waals surface area contributed by atoms with Crippen molar-refractivity contribution in [3.05, 3.63) is 58.7 Å². The molecule has 2 rings (SSSR count). The molecule has 0 aromatic heterocycles. The van der Waals surface area contributed by atoms with Gasteiger partial charge in [-0.15, -0.1) is 0 Å². The van der Waals surface area contributed by atoms with E-state index in [1.807, 2.05) is 0 Å². The molecule has 0 spiro atoms. The Balaban J connectivity index is 2.33. The zero-order valence-electron chi connectivity index (χ0n) is 14.0. The van der Waals surface area contributed by atoms with E-state index in [0.29, 0.717) is 6.04 Å². The summed E-state index contributed by atoms with van der Waals surface area (Å²) >= 11 is 0. The quantitative estimate of drug-likeness (QED) is 0.780. The van der Waals surface area contributed by atoms with Gasteiger partial charge in [0.25, 0.3) is 0 Å². The second-order valence-corrected chi connectivity index (χ2v) is 5.89. The Morgan fingerprint density at radius 3 is 2.05 bits per heavy atom. The van der Waals surface area contributed by atoms with Crippen LogP contribution in [-0.4, -0.2) is 6.54 Å². The van der Waals surface area contributed by atoms with Crippen molar-refractivity contribution in [3.63, 3.8) is 0 Å². The standard InChI is InChI=1S/C20H27N/c1-6-20(21-7-2)18-10-8-17(9-11-18)19-13-15(4)14(3)12-16(19)5/h8-13,20-21H,6-7H2,1-5H3. The van der Waals surface area contributed by atoms with Gasteiger partial charge in [-0.2, -0.15) is 0 Å². The van der Waals surface area contributed by atoms with Crippen LogP contribution in [0.15, 0.2) is 36.4 Å². The summed E-state index contributed by atoms with van der Waals surface area (Å²) in [6.45, 7) is 12.0. The summed E-state index contributed by atoms with van der Waals surface area (Å²) in [7, 11) is 0. The molecule has 0 bridgehead atoms. The summed E-state index contributed by atoms with van der Waals surface area (Å²) in [6, 6.07) is 14.1. The predicted octanol–water partition coefficient (Wildman–Crippen LogP) is 5.34. The van der Waals surface area contributed by atoms with E-state index in [-0.39, 0.29) is 0 Å². The third-order valence-corrected chi connectivity index (χ3v) is 4.32. The normalized spacial score (nSPS) is 12.4. The Morgan fingerprint density at radius 2 is 1.48 bits per heavy atom. The minimum Gasteiger partial charge on any atom is -0.310 e. The smallest absolute Gasteiger partial charge is 0.0317 e. The van der Waals surface area contributed by atoms with E-state index < -0.39 is 0 Å². The van der Waals surface area contributed by atoms with Crippen LogP contribution in [0.25, 0.3) is 11.1 Å². The van der Waals surface area contributed by atoms with Crippen LogP contribution in [-0.2, 0) is 0 Å². The summed E-state index contributed by atoms with van der Waals surface area (Å²) in [5.41, 5.74) is 8.12. The van der Waals surface area contributed by atoms with Gasteiger partial charge in [-0.1, -0.05) is 50.2 Å². The molecule has 0 aliphatic carbocycles. The number of nitrogens with one attached hydrogen (secondary N) is 1. The predicted molar refractivity (Wildman–Crippen MR) is 92.8 cm³/mol. The molecule has 0 amide bonds. The van der Waals surface area contributed by atoms with E-state index in [4.69, 9.17) is 0 Å². The van der Waals surface area contributed by atoms with Gasteiger partial charge in [-0.05, 0) is 67.1 Å². The van der Waals surface area contributed by atoms with Gasteiger partial charge in [0.05, 0.1) is 0 Å². The molecule has 1 atom stereocenters. The van der Waals surface area contributed by atoms with E-state index in [9.17, 15) is 0 Å². The SMILES string of the molecule is CCNC(CC)c1ccc(-c2cc(C)c(C)cc2C)cc1. The third-order valence-electron chi connectivity index (χ3n) is 4.32. The molecule has 21 heavy (non-hydrogen) atoms. The first-order valence-corrected chi connectivity index (χ1v) is 7.98. The average Bonchev–Trinajstić information content (AvgIpc) is 2.49. The summed E-state index contributed by atoms with van der Waals surface area (Å²) < 4.78 is 0. The van der Waals surface area contributed by atoms with E-state index in [1.165, 1.54) is 33.4 Å². The van der Waals surface area contributed by atoms with Crippen LogP contribution in [0.1, 0.15) is 48.6 Å². The number of aryl methyl sites for hydroxylation is 3. The van der Waals surface area contributed by atoms with Gasteiger partial charge in [0.1, 0.15) is 0 Å². The van der Waals surface area contributed by atoms with E-state index in [2.05, 4.69) is 76.3 Å². The Morgan fingerprint density at radius 1 is 0.857 bits per heavy atom. The summed E-state index contributed by atoms with van der Waals surface area (Å²) in [4.78, 5) is 0. The molecule has 0 saturated carbocycles. The Labute approximate surface area is 129 Å². The van der Waals surface area contributed by atoms with Crippen LogP contribution in [0, 0.1) is 20.8 Å². The van der Waals surface area contributed by atoms with Crippen LogP contribution in [0.2, 0.25) is 0 Å². The molecule has 0 heterocycles. The van der Waals surface area contributed by atoms with Crippen LogP contribution in [0.4, 0.5) is 0 Å². The van der Waals surface area contributed by atoms with Gasteiger partial charge in [-0.3, -0.25) is 0 Å². The Hall–Kier alpha value is -1.60. The molecule has 2 aromatic carbocycles. The highest BCUT2D eigenvalue weighted by molar-refractivity contribution is 5.69. The second-order valence-electron chi connectivity index (χ2n) is 5.89. The van der Waals surface area contributed by atoms with E-state index >= 15 is 0 Å². The van der Waals surface area contributed by atoms with Crippen molar-refractivity contribution in [2.45, 2.75) is 47.1 Å². The highest BCUT2D eigenvalue weighted by atomic mass is 14.9. The molecule has 2 aromatic rings. The van der Waals surface area contributed by atoms with E-state index in [1.54, 1.807) is 0 Å². The third kappa shape index (κ3) is 3.54. The zero-order chi connectivity index (χ0) is 15.4. The fraction of sp³-hybridized carbons (Fsp3) is 0.400. The number of benzene rings is 2. The first-order valence-electron chi connectivity index (χ1n) is 7.98. The van der Waals surface area contributed by atoms with Crippen LogP contribution in [0.5, 0.6) is 0 Å². The van der Waals surface area contributed by atoms with Crippen molar-refractivity contribution in [1.82, 2.24) is 5.32 Å². The topological polar surface area (TPSA) is 12.0 Å². The van der Waals surface area contributed by atoms with Gasteiger partial charge >= 0.3 is 0 Å². The van der Waals surface area contributed by atoms with Gasteiger partial charge < -0.3 is 5.32 Å². The minimum atomic E-state index is 0.463. The first-order chi connectivity index (χ1) is 10.1. The fourth-order valence-electron chi connectivity index (χ4n) is 2.91.